The summed E-state index contributed by atoms with van der Waals surface area (Å²) in [5.41, 5.74) is 4.70. The normalized spacial score (nSPS) is 11.7. The van der Waals surface area contributed by atoms with Crippen LogP contribution in [0.5, 0.6) is 17.2 Å². The lowest BCUT2D eigenvalue weighted by Crippen LogP contribution is -2.48. The topological polar surface area (TPSA) is 98.2 Å². The zero-order valence-corrected chi connectivity index (χ0v) is 23.4. The minimum atomic E-state index is -0.768. The molecule has 3 aromatic carbocycles. The molecule has 0 saturated heterocycles. The number of carbonyl (C=O) groups is 2. The third kappa shape index (κ3) is 8.34. The summed E-state index contributed by atoms with van der Waals surface area (Å²) in [5.74, 6) is 0.900. The highest BCUT2D eigenvalue weighted by Crippen LogP contribution is 2.29. The third-order valence-corrected chi connectivity index (χ3v) is 6.08. The van der Waals surface area contributed by atoms with E-state index in [0.29, 0.717) is 41.6 Å². The SMILES string of the molecule is CCOc1cc(/C=N/NC(=O)C(NC(=O)c2ccc(OC)cc2)C(C)C)ccc1OCc1ccc(Br)cc1. The molecule has 3 rings (SSSR count). The smallest absolute Gasteiger partial charge is 0.262 e. The van der Waals surface area contributed by atoms with E-state index < -0.39 is 11.9 Å². The van der Waals surface area contributed by atoms with E-state index in [4.69, 9.17) is 14.2 Å². The number of carbonyl (C=O) groups excluding carboxylic acids is 2. The number of rotatable bonds is 12. The highest BCUT2D eigenvalue weighted by atomic mass is 79.9. The molecule has 0 aromatic heterocycles. The van der Waals surface area contributed by atoms with Crippen molar-refractivity contribution in [2.24, 2.45) is 11.0 Å². The Morgan fingerprint density at radius 3 is 2.32 bits per heavy atom. The molecule has 0 spiro atoms. The Morgan fingerprint density at radius 1 is 0.974 bits per heavy atom. The van der Waals surface area contributed by atoms with Crippen LogP contribution in [0.25, 0.3) is 0 Å². The molecule has 3 aromatic rings. The van der Waals surface area contributed by atoms with E-state index >= 15 is 0 Å². The third-order valence-electron chi connectivity index (χ3n) is 5.55. The maximum absolute atomic E-state index is 12.8. The fraction of sp³-hybridized carbons (Fsp3) is 0.276. The number of nitrogens with zero attached hydrogens (tertiary/aromatic N) is 1. The van der Waals surface area contributed by atoms with Gasteiger partial charge in [-0.3, -0.25) is 9.59 Å². The quantitative estimate of drug-likeness (QED) is 0.222. The van der Waals surface area contributed by atoms with Gasteiger partial charge in [-0.2, -0.15) is 5.10 Å². The van der Waals surface area contributed by atoms with Crippen molar-refractivity contribution < 1.29 is 23.8 Å². The Hall–Kier alpha value is -3.85. The van der Waals surface area contributed by atoms with Crippen LogP contribution in [0, 0.1) is 5.92 Å². The maximum Gasteiger partial charge on any atom is 0.262 e. The van der Waals surface area contributed by atoms with Crippen LogP contribution in [0.2, 0.25) is 0 Å². The highest BCUT2D eigenvalue weighted by Gasteiger charge is 2.24. The predicted octanol–water partition coefficient (Wildman–Crippen LogP) is 5.34. The van der Waals surface area contributed by atoms with E-state index in [1.54, 1.807) is 43.5 Å². The molecule has 2 amide bonds. The van der Waals surface area contributed by atoms with Gasteiger partial charge in [0.2, 0.25) is 0 Å². The van der Waals surface area contributed by atoms with E-state index in [-0.39, 0.29) is 11.8 Å². The van der Waals surface area contributed by atoms with Gasteiger partial charge in [0.25, 0.3) is 11.8 Å². The Morgan fingerprint density at radius 2 is 1.68 bits per heavy atom. The zero-order chi connectivity index (χ0) is 27.5. The molecule has 0 radical (unpaired) electrons. The molecule has 0 heterocycles. The molecule has 9 heteroatoms. The summed E-state index contributed by atoms with van der Waals surface area (Å²) < 4.78 is 17.8. The minimum Gasteiger partial charge on any atom is -0.497 e. The first-order chi connectivity index (χ1) is 18.3. The summed E-state index contributed by atoms with van der Waals surface area (Å²) in [5, 5.41) is 6.86. The van der Waals surface area contributed by atoms with Crippen LogP contribution in [-0.2, 0) is 11.4 Å². The molecular weight excluding hydrogens is 550 g/mol. The highest BCUT2D eigenvalue weighted by molar-refractivity contribution is 9.10. The fourth-order valence-electron chi connectivity index (χ4n) is 3.48. The van der Waals surface area contributed by atoms with Crippen LogP contribution in [0.15, 0.2) is 76.3 Å². The lowest BCUT2D eigenvalue weighted by atomic mass is 10.0. The second-order valence-corrected chi connectivity index (χ2v) is 9.63. The van der Waals surface area contributed by atoms with Crippen LogP contribution < -0.4 is 25.0 Å². The number of hydrogen-bond acceptors (Lipinski definition) is 6. The van der Waals surface area contributed by atoms with E-state index in [1.165, 1.54) is 6.21 Å². The van der Waals surface area contributed by atoms with Gasteiger partial charge in [0, 0.05) is 10.0 Å². The van der Waals surface area contributed by atoms with E-state index in [0.717, 1.165) is 10.0 Å². The molecule has 38 heavy (non-hydrogen) atoms. The van der Waals surface area contributed by atoms with Crippen molar-refractivity contribution in [1.82, 2.24) is 10.7 Å². The van der Waals surface area contributed by atoms with Gasteiger partial charge in [-0.15, -0.1) is 0 Å². The van der Waals surface area contributed by atoms with Gasteiger partial charge in [-0.1, -0.05) is 41.9 Å². The molecular formula is C29H32BrN3O5. The Bertz CT molecular complexity index is 1240. The molecule has 0 fully saturated rings. The molecule has 0 saturated carbocycles. The number of ether oxygens (including phenoxy) is 3. The first-order valence-electron chi connectivity index (χ1n) is 12.2. The zero-order valence-electron chi connectivity index (χ0n) is 21.9. The standard InChI is InChI=1S/C29H32BrN3O5/c1-5-37-26-16-21(8-15-25(26)38-18-20-6-11-23(30)12-7-20)17-31-33-29(35)27(19(2)3)32-28(34)22-9-13-24(36-4)14-10-22/h6-17,19,27H,5,18H2,1-4H3,(H,32,34)(H,33,35)/b31-17+. The van der Waals surface area contributed by atoms with Gasteiger partial charge >= 0.3 is 0 Å². The molecule has 0 aliphatic carbocycles. The molecule has 8 nitrogen and oxygen atoms in total. The van der Waals surface area contributed by atoms with E-state index in [9.17, 15) is 9.59 Å². The minimum absolute atomic E-state index is 0.154. The second-order valence-electron chi connectivity index (χ2n) is 8.71. The van der Waals surface area contributed by atoms with Crippen LogP contribution in [-0.4, -0.2) is 37.8 Å². The van der Waals surface area contributed by atoms with Crippen molar-refractivity contribution in [1.29, 1.82) is 0 Å². The van der Waals surface area contributed by atoms with Gasteiger partial charge in [0.05, 0.1) is 19.9 Å². The number of nitrogens with one attached hydrogen (secondary N) is 2. The first kappa shape index (κ1) is 28.7. The van der Waals surface area contributed by atoms with Gasteiger partial charge in [-0.05, 0) is 78.6 Å². The number of benzene rings is 3. The van der Waals surface area contributed by atoms with Crippen molar-refractivity contribution in [2.75, 3.05) is 13.7 Å². The number of amides is 2. The number of hydrogen-bond donors (Lipinski definition) is 2. The van der Waals surface area contributed by atoms with E-state index in [2.05, 4.69) is 31.8 Å². The molecule has 200 valence electrons. The van der Waals surface area contributed by atoms with Gasteiger partial charge < -0.3 is 19.5 Å². The second kappa shape index (κ2) is 14.2. The van der Waals surface area contributed by atoms with Crippen molar-refractivity contribution in [2.45, 2.75) is 33.4 Å². The van der Waals surface area contributed by atoms with Gasteiger partial charge in [0.15, 0.2) is 11.5 Å². The first-order valence-corrected chi connectivity index (χ1v) is 13.0. The van der Waals surface area contributed by atoms with Gasteiger partial charge in [0.1, 0.15) is 18.4 Å². The lowest BCUT2D eigenvalue weighted by Gasteiger charge is -2.20. The summed E-state index contributed by atoms with van der Waals surface area (Å²) in [6.07, 6.45) is 1.52. The summed E-state index contributed by atoms with van der Waals surface area (Å²) in [7, 11) is 1.56. The summed E-state index contributed by atoms with van der Waals surface area (Å²) in [6, 6.07) is 19.2. The number of hydrazone groups is 1. The maximum atomic E-state index is 12.8. The van der Waals surface area contributed by atoms with Gasteiger partial charge in [-0.25, -0.2) is 5.43 Å². The summed E-state index contributed by atoms with van der Waals surface area (Å²) in [4.78, 5) is 25.4. The van der Waals surface area contributed by atoms with Crippen LogP contribution in [0.1, 0.15) is 42.3 Å². The Labute approximate surface area is 231 Å². The van der Waals surface area contributed by atoms with Crippen LogP contribution in [0.4, 0.5) is 0 Å². The predicted molar refractivity (Wildman–Crippen MR) is 151 cm³/mol. The fourth-order valence-corrected chi connectivity index (χ4v) is 3.74. The largest absolute Gasteiger partial charge is 0.497 e. The average Bonchev–Trinajstić information content (AvgIpc) is 2.92. The van der Waals surface area contributed by atoms with Crippen molar-refractivity contribution in [3.05, 3.63) is 87.9 Å². The summed E-state index contributed by atoms with van der Waals surface area (Å²) >= 11 is 3.43. The lowest BCUT2D eigenvalue weighted by molar-refractivity contribution is -0.123. The van der Waals surface area contributed by atoms with E-state index in [1.807, 2.05) is 51.1 Å². The van der Waals surface area contributed by atoms with Crippen LogP contribution in [0.3, 0.4) is 0 Å². The molecule has 0 bridgehead atoms. The molecule has 1 atom stereocenters. The number of methoxy groups -OCH3 is 1. The summed E-state index contributed by atoms with van der Waals surface area (Å²) in [6.45, 7) is 6.46. The number of halogens is 1. The molecule has 2 N–H and O–H groups in total. The average molecular weight is 582 g/mol. The van der Waals surface area contributed by atoms with Crippen molar-refractivity contribution >= 4 is 34.0 Å². The van der Waals surface area contributed by atoms with Crippen LogP contribution >= 0.6 is 15.9 Å². The molecule has 0 aliphatic rings. The molecule has 0 aliphatic heterocycles. The van der Waals surface area contributed by atoms with Crippen molar-refractivity contribution in [3.63, 3.8) is 0 Å². The van der Waals surface area contributed by atoms with Crippen molar-refractivity contribution in [3.8, 4) is 17.2 Å². The Kier molecular flexibility index (Phi) is 10.7. The Balaban J connectivity index is 1.62. The monoisotopic (exact) mass is 581 g/mol. The molecule has 1 unspecified atom stereocenters.